The number of amides is 2. The fraction of sp³-hybridized carbons (Fsp3) is 0.0588. The standard InChI is InChI=1S/C17H14N4O3S/c1-9-2-3-11(15(18)23)12(6-9)20-16(24)13-8-25-17(21-13)10-4-5-19-14(22)7-10/h2-8H,1H3,(H2,18,23)(H,19,22)(H,20,24). The van der Waals surface area contributed by atoms with Gasteiger partial charge in [0, 0.05) is 23.2 Å². The molecule has 0 unspecified atom stereocenters. The lowest BCUT2D eigenvalue weighted by molar-refractivity contribution is 0.100. The third-order valence-corrected chi connectivity index (χ3v) is 4.34. The molecule has 126 valence electrons. The van der Waals surface area contributed by atoms with E-state index in [2.05, 4.69) is 15.3 Å². The van der Waals surface area contributed by atoms with Gasteiger partial charge in [-0.1, -0.05) is 6.07 Å². The van der Waals surface area contributed by atoms with Crippen LogP contribution in [0.1, 0.15) is 26.4 Å². The van der Waals surface area contributed by atoms with Crippen LogP contribution in [0.15, 0.2) is 46.7 Å². The predicted octanol–water partition coefficient (Wildman–Crippen LogP) is 2.16. The minimum atomic E-state index is -0.627. The number of H-pyrrole nitrogens is 1. The molecule has 0 spiro atoms. The summed E-state index contributed by atoms with van der Waals surface area (Å²) in [5, 5.41) is 4.80. The van der Waals surface area contributed by atoms with Gasteiger partial charge in [-0.15, -0.1) is 11.3 Å². The van der Waals surface area contributed by atoms with Crippen LogP contribution >= 0.6 is 11.3 Å². The van der Waals surface area contributed by atoms with E-state index < -0.39 is 11.8 Å². The van der Waals surface area contributed by atoms with Gasteiger partial charge >= 0.3 is 0 Å². The zero-order chi connectivity index (χ0) is 18.0. The maximum absolute atomic E-state index is 12.4. The first kappa shape index (κ1) is 16.6. The van der Waals surface area contributed by atoms with E-state index in [4.69, 9.17) is 5.73 Å². The largest absolute Gasteiger partial charge is 0.366 e. The van der Waals surface area contributed by atoms with E-state index >= 15 is 0 Å². The van der Waals surface area contributed by atoms with Gasteiger partial charge in [-0.25, -0.2) is 4.98 Å². The Bertz CT molecular complexity index is 1020. The molecule has 3 rings (SSSR count). The molecule has 1 aromatic carbocycles. The molecular weight excluding hydrogens is 340 g/mol. The van der Waals surface area contributed by atoms with E-state index in [1.165, 1.54) is 23.6 Å². The van der Waals surface area contributed by atoms with E-state index in [-0.39, 0.29) is 16.8 Å². The van der Waals surface area contributed by atoms with Gasteiger partial charge in [0.25, 0.3) is 11.8 Å². The molecule has 0 aliphatic heterocycles. The zero-order valence-electron chi connectivity index (χ0n) is 13.2. The average Bonchev–Trinajstić information content (AvgIpc) is 3.05. The second-order valence-electron chi connectivity index (χ2n) is 5.35. The molecule has 7 nitrogen and oxygen atoms in total. The first-order valence-electron chi connectivity index (χ1n) is 7.30. The molecule has 0 bridgehead atoms. The van der Waals surface area contributed by atoms with Crippen molar-refractivity contribution < 1.29 is 9.59 Å². The van der Waals surface area contributed by atoms with Gasteiger partial charge in [0.05, 0.1) is 11.3 Å². The number of pyridine rings is 1. The molecule has 0 fully saturated rings. The number of primary amides is 1. The Hall–Kier alpha value is -3.26. The number of hydrogen-bond donors (Lipinski definition) is 3. The summed E-state index contributed by atoms with van der Waals surface area (Å²) in [4.78, 5) is 42.1. The number of nitrogens with two attached hydrogens (primary N) is 1. The van der Waals surface area contributed by atoms with Crippen LogP contribution in [-0.4, -0.2) is 21.8 Å². The van der Waals surface area contributed by atoms with Crippen LogP contribution in [0.2, 0.25) is 0 Å². The molecule has 0 atom stereocenters. The Morgan fingerprint density at radius 1 is 1.24 bits per heavy atom. The number of aromatic amines is 1. The van der Waals surface area contributed by atoms with Crippen LogP contribution in [0.4, 0.5) is 5.69 Å². The van der Waals surface area contributed by atoms with Crippen molar-refractivity contribution in [3.63, 3.8) is 0 Å². The first-order chi connectivity index (χ1) is 11.9. The second-order valence-corrected chi connectivity index (χ2v) is 6.21. The molecule has 2 heterocycles. The lowest BCUT2D eigenvalue weighted by atomic mass is 10.1. The minimum absolute atomic E-state index is 0.192. The lowest BCUT2D eigenvalue weighted by Crippen LogP contribution is -2.18. The van der Waals surface area contributed by atoms with Crippen molar-refractivity contribution in [1.29, 1.82) is 0 Å². The van der Waals surface area contributed by atoms with Gasteiger partial charge in [0.2, 0.25) is 5.56 Å². The number of benzene rings is 1. The SMILES string of the molecule is Cc1ccc(C(N)=O)c(NC(=O)c2csc(-c3cc[nH]c(=O)c3)n2)c1. The third-order valence-electron chi connectivity index (χ3n) is 3.45. The molecule has 4 N–H and O–H groups in total. The minimum Gasteiger partial charge on any atom is -0.366 e. The molecular formula is C17H14N4O3S. The summed E-state index contributed by atoms with van der Waals surface area (Å²) in [5.41, 5.74) is 7.35. The number of aryl methyl sites for hydroxylation is 1. The fourth-order valence-corrected chi connectivity index (χ4v) is 3.05. The molecule has 3 aromatic rings. The van der Waals surface area contributed by atoms with E-state index in [9.17, 15) is 14.4 Å². The Labute approximate surface area is 146 Å². The fourth-order valence-electron chi connectivity index (χ4n) is 2.25. The highest BCUT2D eigenvalue weighted by Gasteiger charge is 2.16. The summed E-state index contributed by atoms with van der Waals surface area (Å²) in [6.07, 6.45) is 1.52. The van der Waals surface area contributed by atoms with Gasteiger partial charge in [-0.3, -0.25) is 14.4 Å². The monoisotopic (exact) mass is 354 g/mol. The van der Waals surface area contributed by atoms with Crippen LogP contribution in [0.25, 0.3) is 10.6 Å². The number of carbonyl (C=O) groups is 2. The Morgan fingerprint density at radius 3 is 2.76 bits per heavy atom. The zero-order valence-corrected chi connectivity index (χ0v) is 14.0. The lowest BCUT2D eigenvalue weighted by Gasteiger charge is -2.08. The van der Waals surface area contributed by atoms with Crippen molar-refractivity contribution in [2.45, 2.75) is 6.92 Å². The molecule has 0 saturated carbocycles. The second kappa shape index (κ2) is 6.70. The van der Waals surface area contributed by atoms with E-state index in [1.54, 1.807) is 29.6 Å². The van der Waals surface area contributed by atoms with E-state index in [1.807, 2.05) is 6.92 Å². The number of hydrogen-bond acceptors (Lipinski definition) is 5. The van der Waals surface area contributed by atoms with E-state index in [0.717, 1.165) is 5.56 Å². The number of carbonyl (C=O) groups excluding carboxylic acids is 2. The Morgan fingerprint density at radius 2 is 2.04 bits per heavy atom. The number of anilines is 1. The highest BCUT2D eigenvalue weighted by molar-refractivity contribution is 7.13. The smallest absolute Gasteiger partial charge is 0.275 e. The Balaban J connectivity index is 1.87. The van der Waals surface area contributed by atoms with Crippen molar-refractivity contribution in [3.05, 3.63) is 69.1 Å². The van der Waals surface area contributed by atoms with Crippen molar-refractivity contribution in [2.75, 3.05) is 5.32 Å². The number of aromatic nitrogens is 2. The van der Waals surface area contributed by atoms with Gasteiger partial charge < -0.3 is 16.0 Å². The number of rotatable bonds is 4. The van der Waals surface area contributed by atoms with Crippen molar-refractivity contribution >= 4 is 28.8 Å². The molecule has 0 saturated heterocycles. The summed E-state index contributed by atoms with van der Waals surface area (Å²) >= 11 is 1.25. The highest BCUT2D eigenvalue weighted by atomic mass is 32.1. The van der Waals surface area contributed by atoms with Crippen molar-refractivity contribution in [1.82, 2.24) is 9.97 Å². The normalized spacial score (nSPS) is 10.4. The highest BCUT2D eigenvalue weighted by Crippen LogP contribution is 2.23. The summed E-state index contributed by atoms with van der Waals surface area (Å²) in [6, 6.07) is 8.08. The van der Waals surface area contributed by atoms with Crippen LogP contribution in [0, 0.1) is 6.92 Å². The van der Waals surface area contributed by atoms with Crippen LogP contribution in [-0.2, 0) is 0 Å². The quantitative estimate of drug-likeness (QED) is 0.665. The third kappa shape index (κ3) is 3.64. The van der Waals surface area contributed by atoms with Crippen molar-refractivity contribution in [3.8, 4) is 10.6 Å². The van der Waals surface area contributed by atoms with Crippen LogP contribution in [0.5, 0.6) is 0 Å². The summed E-state index contributed by atoms with van der Waals surface area (Å²) in [6.45, 7) is 1.84. The molecule has 25 heavy (non-hydrogen) atoms. The molecule has 0 aliphatic carbocycles. The van der Waals surface area contributed by atoms with Gasteiger partial charge in [0.1, 0.15) is 10.7 Å². The topological polar surface area (TPSA) is 118 Å². The van der Waals surface area contributed by atoms with Crippen molar-refractivity contribution in [2.24, 2.45) is 5.73 Å². The molecule has 8 heteroatoms. The number of nitrogens with zero attached hydrogens (tertiary/aromatic N) is 1. The molecule has 0 radical (unpaired) electrons. The maximum atomic E-state index is 12.4. The van der Waals surface area contributed by atoms with Crippen LogP contribution in [0.3, 0.4) is 0 Å². The molecule has 2 aromatic heterocycles. The summed E-state index contributed by atoms with van der Waals surface area (Å²) in [5.74, 6) is -1.08. The maximum Gasteiger partial charge on any atom is 0.275 e. The molecule has 0 aliphatic rings. The summed E-state index contributed by atoms with van der Waals surface area (Å²) < 4.78 is 0. The molecule has 2 amide bonds. The summed E-state index contributed by atoms with van der Waals surface area (Å²) in [7, 11) is 0. The van der Waals surface area contributed by atoms with Crippen LogP contribution < -0.4 is 16.6 Å². The first-order valence-corrected chi connectivity index (χ1v) is 8.18. The van der Waals surface area contributed by atoms with Gasteiger partial charge in [-0.05, 0) is 30.7 Å². The Kier molecular flexibility index (Phi) is 4.44. The van der Waals surface area contributed by atoms with E-state index in [0.29, 0.717) is 16.3 Å². The number of nitrogens with one attached hydrogen (secondary N) is 2. The predicted molar refractivity (Wildman–Crippen MR) is 95.8 cm³/mol. The van der Waals surface area contributed by atoms with Gasteiger partial charge in [-0.2, -0.15) is 0 Å². The van der Waals surface area contributed by atoms with Gasteiger partial charge in [0.15, 0.2) is 0 Å². The average molecular weight is 354 g/mol. The number of thiazole rings is 1.